The Morgan fingerprint density at radius 3 is 2.65 bits per heavy atom. The number of rotatable bonds is 9. The number of nitrogens with zero attached hydrogens (tertiary/aromatic N) is 1. The average molecular weight is 302 g/mol. The van der Waals surface area contributed by atoms with Crippen LogP contribution in [0, 0.1) is 5.92 Å². The normalized spacial score (nSPS) is 23.0. The molecule has 20 heavy (non-hydrogen) atoms. The van der Waals surface area contributed by atoms with Gasteiger partial charge in [-0.1, -0.05) is 26.7 Å². The number of hydrogen-bond acceptors (Lipinski definition) is 4. The fourth-order valence-corrected chi connectivity index (χ4v) is 3.63. The first kappa shape index (κ1) is 17.8. The van der Waals surface area contributed by atoms with Gasteiger partial charge in [0, 0.05) is 18.3 Å². The lowest BCUT2D eigenvalue weighted by molar-refractivity contribution is -0.119. The molecule has 1 aliphatic carbocycles. The summed E-state index contributed by atoms with van der Waals surface area (Å²) in [6, 6.07) is 0.310. The minimum Gasteiger partial charge on any atom is -0.352 e. The van der Waals surface area contributed by atoms with Gasteiger partial charge in [-0.3, -0.25) is 4.79 Å². The van der Waals surface area contributed by atoms with Crippen molar-refractivity contribution >= 4 is 17.7 Å². The van der Waals surface area contributed by atoms with Crippen LogP contribution < -0.4 is 11.1 Å². The molecule has 0 aromatic heterocycles. The Labute approximate surface area is 128 Å². The predicted molar refractivity (Wildman–Crippen MR) is 88.1 cm³/mol. The summed E-state index contributed by atoms with van der Waals surface area (Å²) in [6.45, 7) is 8.29. The van der Waals surface area contributed by atoms with Crippen LogP contribution >= 0.6 is 11.8 Å². The van der Waals surface area contributed by atoms with E-state index in [0.29, 0.717) is 24.3 Å². The van der Waals surface area contributed by atoms with E-state index in [0.717, 1.165) is 38.2 Å². The highest BCUT2D eigenvalue weighted by Gasteiger charge is 2.24. The molecule has 0 heterocycles. The van der Waals surface area contributed by atoms with Crippen molar-refractivity contribution in [3.05, 3.63) is 0 Å². The van der Waals surface area contributed by atoms with Crippen molar-refractivity contribution in [2.24, 2.45) is 11.7 Å². The van der Waals surface area contributed by atoms with Gasteiger partial charge in [-0.05, 0) is 38.4 Å². The Hall–Kier alpha value is -0.260. The number of thioether (sulfide) groups is 1. The second kappa shape index (κ2) is 10.5. The second-order valence-electron chi connectivity index (χ2n) is 5.53. The minimum atomic E-state index is 0.180. The first-order valence-electron chi connectivity index (χ1n) is 8.00. The van der Waals surface area contributed by atoms with Gasteiger partial charge >= 0.3 is 0 Å². The Morgan fingerprint density at radius 2 is 2.00 bits per heavy atom. The molecule has 3 N–H and O–H groups in total. The Bertz CT molecular complexity index is 272. The molecule has 1 amide bonds. The highest BCUT2D eigenvalue weighted by atomic mass is 32.2. The molecule has 0 aromatic rings. The predicted octanol–water partition coefficient (Wildman–Crippen LogP) is 1.70. The van der Waals surface area contributed by atoms with Crippen molar-refractivity contribution in [2.45, 2.75) is 45.6 Å². The standard InChI is InChI=1S/C15H31N3OS/c1-3-18(4-2)9-10-20-12-15(19)17-14-8-6-5-7-13(14)11-16/h13-14H,3-12,16H2,1-2H3,(H,17,19). The maximum absolute atomic E-state index is 12.0. The van der Waals surface area contributed by atoms with Crippen LogP contribution in [0.2, 0.25) is 0 Å². The van der Waals surface area contributed by atoms with Gasteiger partial charge in [-0.15, -0.1) is 0 Å². The topological polar surface area (TPSA) is 58.4 Å². The maximum Gasteiger partial charge on any atom is 0.230 e. The lowest BCUT2D eigenvalue weighted by Crippen LogP contribution is -2.45. The van der Waals surface area contributed by atoms with Gasteiger partial charge in [-0.25, -0.2) is 0 Å². The molecule has 2 atom stereocenters. The van der Waals surface area contributed by atoms with Crippen LogP contribution in [0.1, 0.15) is 39.5 Å². The van der Waals surface area contributed by atoms with Gasteiger partial charge in [0.1, 0.15) is 0 Å². The van der Waals surface area contributed by atoms with Crippen molar-refractivity contribution < 1.29 is 4.79 Å². The molecule has 118 valence electrons. The summed E-state index contributed by atoms with van der Waals surface area (Å²) < 4.78 is 0. The molecule has 0 spiro atoms. The van der Waals surface area contributed by atoms with Gasteiger partial charge in [0.15, 0.2) is 0 Å². The third-order valence-electron chi connectivity index (χ3n) is 4.24. The van der Waals surface area contributed by atoms with Crippen molar-refractivity contribution in [3.8, 4) is 0 Å². The van der Waals surface area contributed by atoms with Crippen LogP contribution in [0.3, 0.4) is 0 Å². The van der Waals surface area contributed by atoms with Crippen LogP contribution in [0.5, 0.6) is 0 Å². The van der Waals surface area contributed by atoms with Crippen LogP contribution in [-0.2, 0) is 4.79 Å². The summed E-state index contributed by atoms with van der Waals surface area (Å²) in [4.78, 5) is 14.4. The van der Waals surface area contributed by atoms with Gasteiger partial charge < -0.3 is 16.0 Å². The highest BCUT2D eigenvalue weighted by Crippen LogP contribution is 2.23. The fraction of sp³-hybridized carbons (Fsp3) is 0.933. The summed E-state index contributed by atoms with van der Waals surface area (Å²) >= 11 is 1.73. The van der Waals surface area contributed by atoms with Gasteiger partial charge in [0.2, 0.25) is 5.91 Å². The molecule has 4 nitrogen and oxygen atoms in total. The maximum atomic E-state index is 12.0. The number of amides is 1. The second-order valence-corrected chi connectivity index (χ2v) is 6.64. The van der Waals surface area contributed by atoms with Crippen molar-refractivity contribution in [3.63, 3.8) is 0 Å². The monoisotopic (exact) mass is 301 g/mol. The van der Waals surface area contributed by atoms with Crippen LogP contribution in [0.15, 0.2) is 0 Å². The number of nitrogens with one attached hydrogen (secondary N) is 1. The van der Waals surface area contributed by atoms with Gasteiger partial charge in [0.05, 0.1) is 5.75 Å². The summed E-state index contributed by atoms with van der Waals surface area (Å²) in [6.07, 6.45) is 4.73. The number of nitrogens with two attached hydrogens (primary N) is 1. The smallest absolute Gasteiger partial charge is 0.230 e. The molecular weight excluding hydrogens is 270 g/mol. The van der Waals surface area contributed by atoms with Crippen molar-refractivity contribution in [1.29, 1.82) is 0 Å². The molecule has 1 rings (SSSR count). The molecule has 1 aliphatic rings. The number of hydrogen-bond donors (Lipinski definition) is 2. The summed E-state index contributed by atoms with van der Waals surface area (Å²) in [5.74, 6) is 2.27. The first-order valence-corrected chi connectivity index (χ1v) is 9.16. The molecule has 0 aromatic carbocycles. The number of carbonyl (C=O) groups excluding carboxylic acids is 1. The highest BCUT2D eigenvalue weighted by molar-refractivity contribution is 7.99. The van der Waals surface area contributed by atoms with E-state index >= 15 is 0 Å². The third kappa shape index (κ3) is 6.46. The van der Waals surface area contributed by atoms with E-state index in [-0.39, 0.29) is 5.91 Å². The lowest BCUT2D eigenvalue weighted by Gasteiger charge is -2.31. The van der Waals surface area contributed by atoms with Crippen molar-refractivity contribution in [1.82, 2.24) is 10.2 Å². The Morgan fingerprint density at radius 1 is 1.30 bits per heavy atom. The largest absolute Gasteiger partial charge is 0.352 e. The zero-order valence-electron chi connectivity index (χ0n) is 13.1. The molecule has 1 fully saturated rings. The van der Waals surface area contributed by atoms with Crippen molar-refractivity contribution in [2.75, 3.05) is 37.7 Å². The fourth-order valence-electron chi connectivity index (χ4n) is 2.83. The number of carbonyl (C=O) groups is 1. The molecule has 0 bridgehead atoms. The zero-order chi connectivity index (χ0) is 14.8. The molecule has 2 unspecified atom stereocenters. The Kier molecular flexibility index (Phi) is 9.31. The van der Waals surface area contributed by atoms with Crippen LogP contribution in [-0.4, -0.2) is 54.5 Å². The summed E-state index contributed by atoms with van der Waals surface area (Å²) in [7, 11) is 0. The lowest BCUT2D eigenvalue weighted by atomic mass is 9.84. The molecular formula is C15H31N3OS. The SMILES string of the molecule is CCN(CC)CCSCC(=O)NC1CCCCC1CN. The molecule has 0 aliphatic heterocycles. The van der Waals surface area contributed by atoms with E-state index in [2.05, 4.69) is 24.1 Å². The molecule has 0 saturated heterocycles. The van der Waals surface area contributed by atoms with E-state index in [4.69, 9.17) is 5.73 Å². The van der Waals surface area contributed by atoms with Crippen LogP contribution in [0.25, 0.3) is 0 Å². The first-order chi connectivity index (χ1) is 9.71. The third-order valence-corrected chi connectivity index (χ3v) is 5.18. The van der Waals surface area contributed by atoms with E-state index < -0.39 is 0 Å². The van der Waals surface area contributed by atoms with E-state index in [1.165, 1.54) is 12.8 Å². The Balaban J connectivity index is 2.16. The van der Waals surface area contributed by atoms with E-state index in [9.17, 15) is 4.79 Å². The summed E-state index contributed by atoms with van der Waals surface area (Å²) in [5.41, 5.74) is 5.79. The quantitative estimate of drug-likeness (QED) is 0.636. The van der Waals surface area contributed by atoms with E-state index in [1.54, 1.807) is 11.8 Å². The molecule has 1 saturated carbocycles. The minimum absolute atomic E-state index is 0.180. The van der Waals surface area contributed by atoms with Crippen LogP contribution in [0.4, 0.5) is 0 Å². The van der Waals surface area contributed by atoms with Gasteiger partial charge in [-0.2, -0.15) is 11.8 Å². The average Bonchev–Trinajstić information content (AvgIpc) is 2.48. The summed E-state index contributed by atoms with van der Waals surface area (Å²) in [5, 5.41) is 3.18. The zero-order valence-corrected chi connectivity index (χ0v) is 13.9. The molecule has 0 radical (unpaired) electrons. The molecule has 5 heteroatoms. The van der Waals surface area contributed by atoms with Gasteiger partial charge in [0.25, 0.3) is 0 Å². The van der Waals surface area contributed by atoms with E-state index in [1.807, 2.05) is 0 Å².